The van der Waals surface area contributed by atoms with Gasteiger partial charge >= 0.3 is 5.97 Å². The number of carbonyl (C=O) groups is 1. The fourth-order valence-corrected chi connectivity index (χ4v) is 1.61. The minimum absolute atomic E-state index is 0.151. The molecule has 0 unspecified atom stereocenters. The molecule has 0 aliphatic carbocycles. The second-order valence-electron chi connectivity index (χ2n) is 3.98. The number of rotatable bonds is 9. The molecule has 1 aromatic rings. The average Bonchev–Trinajstić information content (AvgIpc) is 2.49. The first-order chi connectivity index (χ1) is 9.72. The third-order valence-electron chi connectivity index (χ3n) is 2.64. The van der Waals surface area contributed by atoms with Crippen molar-refractivity contribution in [3.8, 4) is 11.5 Å². The van der Waals surface area contributed by atoms with Gasteiger partial charge in [0.1, 0.15) is 0 Å². The highest BCUT2D eigenvalue weighted by Gasteiger charge is 2.12. The van der Waals surface area contributed by atoms with E-state index in [-0.39, 0.29) is 6.61 Å². The van der Waals surface area contributed by atoms with Crippen LogP contribution in [0.25, 0.3) is 0 Å². The molecule has 1 rings (SSSR count). The van der Waals surface area contributed by atoms with E-state index in [1.165, 1.54) is 7.11 Å². The summed E-state index contributed by atoms with van der Waals surface area (Å²) < 4.78 is 20.3. The summed E-state index contributed by atoms with van der Waals surface area (Å²) in [5.41, 5.74) is 0.907. The molecule has 0 aliphatic rings. The van der Waals surface area contributed by atoms with Gasteiger partial charge in [0.25, 0.3) is 0 Å². The minimum Gasteiger partial charge on any atom is -0.493 e. The van der Waals surface area contributed by atoms with Crippen LogP contribution in [0.5, 0.6) is 11.5 Å². The molecule has 0 heterocycles. The number of hydrogen-bond acceptors (Lipinski definition) is 6. The van der Waals surface area contributed by atoms with E-state index in [0.29, 0.717) is 24.7 Å². The van der Waals surface area contributed by atoms with Crippen molar-refractivity contribution in [2.24, 2.45) is 0 Å². The molecule has 0 aromatic heterocycles. The van der Waals surface area contributed by atoms with Crippen LogP contribution >= 0.6 is 0 Å². The number of para-hydroxylation sites is 1. The summed E-state index contributed by atoms with van der Waals surface area (Å²) in [6.07, 6.45) is 0. The quantitative estimate of drug-likeness (QED) is 0.538. The average molecular weight is 283 g/mol. The van der Waals surface area contributed by atoms with Crippen LogP contribution < -0.4 is 14.8 Å². The van der Waals surface area contributed by atoms with E-state index in [9.17, 15) is 4.79 Å². The zero-order chi connectivity index (χ0) is 14.8. The van der Waals surface area contributed by atoms with Crippen molar-refractivity contribution in [3.63, 3.8) is 0 Å². The van der Waals surface area contributed by atoms with Crippen molar-refractivity contribution in [3.05, 3.63) is 23.8 Å². The standard InChI is InChI=1S/C14H21NO5/c1-17-8-7-15-9-11-5-4-6-12(18-2)14(11)20-10-13(16)19-3/h4-6,15H,7-10H2,1-3H3. The molecule has 0 atom stereocenters. The molecule has 112 valence electrons. The van der Waals surface area contributed by atoms with Crippen molar-refractivity contribution in [2.75, 3.05) is 41.1 Å². The molecule has 0 bridgehead atoms. The van der Waals surface area contributed by atoms with Gasteiger partial charge in [-0.3, -0.25) is 0 Å². The van der Waals surface area contributed by atoms with Crippen molar-refractivity contribution < 1.29 is 23.7 Å². The SMILES string of the molecule is COCCNCc1cccc(OC)c1OCC(=O)OC. The molecule has 0 spiro atoms. The first kappa shape index (κ1) is 16.3. The van der Waals surface area contributed by atoms with E-state index >= 15 is 0 Å². The number of nitrogens with one attached hydrogen (secondary N) is 1. The van der Waals surface area contributed by atoms with Crippen LogP contribution in [-0.2, 0) is 20.8 Å². The van der Waals surface area contributed by atoms with Gasteiger partial charge in [0.05, 0.1) is 20.8 Å². The summed E-state index contributed by atoms with van der Waals surface area (Å²) in [5.74, 6) is 0.694. The monoisotopic (exact) mass is 283 g/mol. The van der Waals surface area contributed by atoms with Crippen LogP contribution in [-0.4, -0.2) is 47.1 Å². The molecule has 20 heavy (non-hydrogen) atoms. The summed E-state index contributed by atoms with van der Waals surface area (Å²) in [5, 5.41) is 3.22. The smallest absolute Gasteiger partial charge is 0.343 e. The molecular formula is C14H21NO5. The Morgan fingerprint density at radius 2 is 2.05 bits per heavy atom. The lowest BCUT2D eigenvalue weighted by Gasteiger charge is -2.14. The van der Waals surface area contributed by atoms with Crippen LogP contribution in [0.15, 0.2) is 18.2 Å². The zero-order valence-corrected chi connectivity index (χ0v) is 12.1. The van der Waals surface area contributed by atoms with Crippen molar-refractivity contribution in [2.45, 2.75) is 6.54 Å². The Labute approximate surface area is 119 Å². The van der Waals surface area contributed by atoms with Gasteiger partial charge in [-0.25, -0.2) is 4.79 Å². The predicted octanol–water partition coefficient (Wildman–Crippen LogP) is 0.983. The van der Waals surface area contributed by atoms with E-state index in [0.717, 1.165) is 12.1 Å². The second-order valence-corrected chi connectivity index (χ2v) is 3.98. The van der Waals surface area contributed by atoms with Crippen LogP contribution in [0.1, 0.15) is 5.56 Å². The third kappa shape index (κ3) is 5.07. The molecule has 0 aliphatic heterocycles. The van der Waals surface area contributed by atoms with Gasteiger partial charge in [-0.05, 0) is 6.07 Å². The number of methoxy groups -OCH3 is 3. The van der Waals surface area contributed by atoms with Gasteiger partial charge in [-0.2, -0.15) is 0 Å². The Bertz CT molecular complexity index is 422. The molecular weight excluding hydrogens is 262 g/mol. The summed E-state index contributed by atoms with van der Waals surface area (Å²) in [7, 11) is 4.53. The highest BCUT2D eigenvalue weighted by atomic mass is 16.6. The fourth-order valence-electron chi connectivity index (χ4n) is 1.61. The molecule has 0 radical (unpaired) electrons. The normalized spacial score (nSPS) is 10.2. The summed E-state index contributed by atoms with van der Waals surface area (Å²) >= 11 is 0. The molecule has 1 N–H and O–H groups in total. The Balaban J connectivity index is 2.73. The second kappa shape index (κ2) is 9.17. The van der Waals surface area contributed by atoms with Crippen LogP contribution in [0.3, 0.4) is 0 Å². The van der Waals surface area contributed by atoms with E-state index in [2.05, 4.69) is 10.1 Å². The number of carbonyl (C=O) groups excluding carboxylic acids is 1. The number of ether oxygens (including phenoxy) is 4. The fraction of sp³-hybridized carbons (Fsp3) is 0.500. The summed E-state index contributed by atoms with van der Waals surface area (Å²) in [6.45, 7) is 1.80. The van der Waals surface area contributed by atoms with Gasteiger partial charge < -0.3 is 24.3 Å². The Morgan fingerprint density at radius 1 is 1.25 bits per heavy atom. The highest BCUT2D eigenvalue weighted by Crippen LogP contribution is 2.31. The molecule has 0 fully saturated rings. The molecule has 0 saturated heterocycles. The number of esters is 1. The van der Waals surface area contributed by atoms with Gasteiger partial charge in [0.2, 0.25) is 0 Å². The maximum atomic E-state index is 11.2. The Morgan fingerprint density at radius 3 is 2.70 bits per heavy atom. The number of hydrogen-bond donors (Lipinski definition) is 1. The zero-order valence-electron chi connectivity index (χ0n) is 12.1. The van der Waals surface area contributed by atoms with Gasteiger partial charge in [-0.15, -0.1) is 0 Å². The molecule has 1 aromatic carbocycles. The predicted molar refractivity (Wildman–Crippen MR) is 74.1 cm³/mol. The van der Waals surface area contributed by atoms with Crippen molar-refractivity contribution in [1.29, 1.82) is 0 Å². The van der Waals surface area contributed by atoms with Gasteiger partial charge in [0, 0.05) is 25.8 Å². The van der Waals surface area contributed by atoms with Crippen molar-refractivity contribution >= 4 is 5.97 Å². The van der Waals surface area contributed by atoms with Gasteiger partial charge in [0.15, 0.2) is 18.1 Å². The maximum absolute atomic E-state index is 11.2. The van der Waals surface area contributed by atoms with Crippen LogP contribution in [0.4, 0.5) is 0 Å². The van der Waals surface area contributed by atoms with E-state index < -0.39 is 5.97 Å². The van der Waals surface area contributed by atoms with Crippen LogP contribution in [0, 0.1) is 0 Å². The lowest BCUT2D eigenvalue weighted by molar-refractivity contribution is -0.142. The molecule has 0 amide bonds. The minimum atomic E-state index is -0.436. The van der Waals surface area contributed by atoms with Crippen LogP contribution in [0.2, 0.25) is 0 Å². The van der Waals surface area contributed by atoms with E-state index in [4.69, 9.17) is 14.2 Å². The maximum Gasteiger partial charge on any atom is 0.343 e. The molecule has 6 nitrogen and oxygen atoms in total. The first-order valence-corrected chi connectivity index (χ1v) is 6.28. The first-order valence-electron chi connectivity index (χ1n) is 6.28. The topological polar surface area (TPSA) is 66.0 Å². The molecule has 6 heteroatoms. The highest BCUT2D eigenvalue weighted by molar-refractivity contribution is 5.71. The van der Waals surface area contributed by atoms with Crippen molar-refractivity contribution in [1.82, 2.24) is 5.32 Å². The van der Waals surface area contributed by atoms with E-state index in [1.54, 1.807) is 20.3 Å². The van der Waals surface area contributed by atoms with E-state index in [1.807, 2.05) is 12.1 Å². The lowest BCUT2D eigenvalue weighted by atomic mass is 10.2. The van der Waals surface area contributed by atoms with Gasteiger partial charge in [-0.1, -0.05) is 12.1 Å². The lowest BCUT2D eigenvalue weighted by Crippen LogP contribution is -2.20. The Hall–Kier alpha value is -1.79. The summed E-state index contributed by atoms with van der Waals surface area (Å²) in [6, 6.07) is 5.57. The number of benzene rings is 1. The molecule has 0 saturated carbocycles. The largest absolute Gasteiger partial charge is 0.493 e. The Kier molecular flexibility index (Phi) is 7.46. The summed E-state index contributed by atoms with van der Waals surface area (Å²) in [4.78, 5) is 11.2. The third-order valence-corrected chi connectivity index (χ3v) is 2.64.